The number of aromatic nitrogens is 3. The monoisotopic (exact) mass is 486 g/mol. The van der Waals surface area contributed by atoms with Crippen LogP contribution in [0, 0.1) is 18.7 Å². The molecule has 1 unspecified atom stereocenters. The number of cyclic esters (lactones) is 1. The standard InChI is InChI=1S/C23H27FN6O5/c1-12-14-4-13(5-15(14)16(24)7-26-12)6-25-8-17(33-3)23(2)11-30(22(32)35-23)18-9-27-21-20(28-18)29-19(31)10-34-21/h7,9,13,17,25H,4-6,8,10-11H2,1-3H3,(H,28,29,31)/t13?,17-,23-/m1/s1. The van der Waals surface area contributed by atoms with E-state index in [2.05, 4.69) is 25.6 Å². The van der Waals surface area contributed by atoms with Crippen LogP contribution in [0.2, 0.25) is 0 Å². The molecule has 0 saturated carbocycles. The summed E-state index contributed by atoms with van der Waals surface area (Å²) in [6.45, 7) is 4.85. The molecule has 4 heterocycles. The number of fused-ring (bicyclic) bond motifs is 2. The molecule has 12 heteroatoms. The number of carbonyl (C=O) groups excluding carboxylic acids is 2. The van der Waals surface area contributed by atoms with E-state index in [1.807, 2.05) is 6.92 Å². The Hall–Kier alpha value is -3.38. The first-order valence-corrected chi connectivity index (χ1v) is 11.4. The summed E-state index contributed by atoms with van der Waals surface area (Å²) in [6, 6.07) is 0. The largest absolute Gasteiger partial charge is 0.465 e. The molecule has 3 aliphatic rings. The minimum absolute atomic E-state index is 0.133. The van der Waals surface area contributed by atoms with E-state index in [0.29, 0.717) is 19.5 Å². The quantitative estimate of drug-likeness (QED) is 0.597. The first-order valence-electron chi connectivity index (χ1n) is 11.4. The van der Waals surface area contributed by atoms with Crippen molar-refractivity contribution in [3.8, 4) is 5.88 Å². The van der Waals surface area contributed by atoms with E-state index in [1.165, 1.54) is 17.3 Å². The van der Waals surface area contributed by atoms with Crippen LogP contribution < -0.4 is 20.3 Å². The molecule has 35 heavy (non-hydrogen) atoms. The maximum atomic E-state index is 14.1. The Morgan fingerprint density at radius 1 is 1.31 bits per heavy atom. The van der Waals surface area contributed by atoms with Gasteiger partial charge in [0, 0.05) is 19.3 Å². The number of carbonyl (C=O) groups is 2. The molecule has 11 nitrogen and oxygen atoms in total. The summed E-state index contributed by atoms with van der Waals surface area (Å²) in [4.78, 5) is 38.2. The Morgan fingerprint density at radius 3 is 2.89 bits per heavy atom. The van der Waals surface area contributed by atoms with Gasteiger partial charge in [-0.05, 0) is 50.3 Å². The molecular formula is C23H27FN6O5. The zero-order valence-corrected chi connectivity index (χ0v) is 19.8. The molecule has 2 amide bonds. The SMILES string of the molecule is CO[C@H](CNCC1Cc2c(F)cnc(C)c2C1)[C@@]1(C)CN(c2cnc3c(n2)NC(=O)CO3)C(=O)O1. The highest BCUT2D eigenvalue weighted by atomic mass is 19.1. The Labute approximate surface area is 201 Å². The number of aryl methyl sites for hydroxylation is 1. The van der Waals surface area contributed by atoms with Gasteiger partial charge >= 0.3 is 6.09 Å². The third-order valence-corrected chi connectivity index (χ3v) is 6.79. The second-order valence-corrected chi connectivity index (χ2v) is 9.29. The van der Waals surface area contributed by atoms with Crippen LogP contribution in [0.25, 0.3) is 0 Å². The second kappa shape index (κ2) is 9.00. The topological polar surface area (TPSA) is 128 Å². The molecule has 2 aliphatic heterocycles. The number of pyridine rings is 1. The third kappa shape index (κ3) is 4.39. The van der Waals surface area contributed by atoms with E-state index >= 15 is 0 Å². The highest BCUT2D eigenvalue weighted by Crippen LogP contribution is 2.33. The average molecular weight is 487 g/mol. The van der Waals surface area contributed by atoms with Gasteiger partial charge in [0.1, 0.15) is 11.9 Å². The zero-order valence-electron chi connectivity index (χ0n) is 19.8. The Bertz CT molecular complexity index is 1150. The number of hydrogen-bond donors (Lipinski definition) is 2. The Morgan fingerprint density at radius 2 is 2.11 bits per heavy atom. The van der Waals surface area contributed by atoms with Crippen molar-refractivity contribution < 1.29 is 28.2 Å². The zero-order chi connectivity index (χ0) is 24.7. The first-order chi connectivity index (χ1) is 16.8. The Kier molecular flexibility index (Phi) is 6.01. The smallest absolute Gasteiger partial charge is 0.416 e. The number of hydrogen-bond acceptors (Lipinski definition) is 9. The highest BCUT2D eigenvalue weighted by Gasteiger charge is 2.48. The maximum absolute atomic E-state index is 14.1. The van der Waals surface area contributed by atoms with Gasteiger partial charge in [-0.15, -0.1) is 0 Å². The molecule has 0 radical (unpaired) electrons. The van der Waals surface area contributed by atoms with Crippen LogP contribution in [0.1, 0.15) is 23.7 Å². The summed E-state index contributed by atoms with van der Waals surface area (Å²) in [7, 11) is 1.56. The number of rotatable bonds is 7. The lowest BCUT2D eigenvalue weighted by atomic mass is 9.98. The van der Waals surface area contributed by atoms with E-state index in [1.54, 1.807) is 14.0 Å². The lowest BCUT2D eigenvalue weighted by molar-refractivity contribution is -0.118. The number of nitrogens with zero attached hydrogens (tertiary/aromatic N) is 4. The van der Waals surface area contributed by atoms with E-state index in [-0.39, 0.29) is 48.3 Å². The number of ether oxygens (including phenoxy) is 3. The van der Waals surface area contributed by atoms with Gasteiger partial charge in [-0.2, -0.15) is 0 Å². The molecular weight excluding hydrogens is 459 g/mol. The second-order valence-electron chi connectivity index (χ2n) is 9.29. The summed E-state index contributed by atoms with van der Waals surface area (Å²) >= 11 is 0. The average Bonchev–Trinajstić information content (AvgIpc) is 3.40. The molecule has 5 rings (SSSR count). The van der Waals surface area contributed by atoms with Gasteiger partial charge in [0.25, 0.3) is 11.8 Å². The van der Waals surface area contributed by atoms with Gasteiger partial charge in [-0.25, -0.2) is 19.2 Å². The third-order valence-electron chi connectivity index (χ3n) is 6.79. The first kappa shape index (κ1) is 23.4. The van der Waals surface area contributed by atoms with Crippen LogP contribution in [-0.2, 0) is 27.1 Å². The number of nitrogens with one attached hydrogen (secondary N) is 2. The van der Waals surface area contributed by atoms with E-state index < -0.39 is 17.8 Å². The van der Waals surface area contributed by atoms with Crippen LogP contribution in [0.15, 0.2) is 12.4 Å². The van der Waals surface area contributed by atoms with Gasteiger partial charge < -0.3 is 24.8 Å². The summed E-state index contributed by atoms with van der Waals surface area (Å²) in [6.07, 6.45) is 3.09. The van der Waals surface area contributed by atoms with E-state index in [4.69, 9.17) is 14.2 Å². The summed E-state index contributed by atoms with van der Waals surface area (Å²) < 4.78 is 30.8. The van der Waals surface area contributed by atoms with Crippen molar-refractivity contribution in [1.82, 2.24) is 20.3 Å². The number of anilines is 2. The fourth-order valence-corrected chi connectivity index (χ4v) is 4.92. The predicted molar refractivity (Wildman–Crippen MR) is 122 cm³/mol. The van der Waals surface area contributed by atoms with Crippen LogP contribution in [0.5, 0.6) is 5.88 Å². The van der Waals surface area contributed by atoms with E-state index in [9.17, 15) is 14.0 Å². The van der Waals surface area contributed by atoms with Gasteiger partial charge in [-0.1, -0.05) is 0 Å². The maximum Gasteiger partial charge on any atom is 0.416 e. The highest BCUT2D eigenvalue weighted by molar-refractivity contribution is 5.94. The summed E-state index contributed by atoms with van der Waals surface area (Å²) in [5.74, 6) is 0.249. The van der Waals surface area contributed by atoms with Gasteiger partial charge in [0.15, 0.2) is 23.8 Å². The van der Waals surface area contributed by atoms with Crippen molar-refractivity contribution in [1.29, 1.82) is 0 Å². The van der Waals surface area contributed by atoms with Crippen LogP contribution in [0.3, 0.4) is 0 Å². The lowest BCUT2D eigenvalue weighted by Crippen LogP contribution is -2.50. The fourth-order valence-electron chi connectivity index (χ4n) is 4.92. The van der Waals surface area contributed by atoms with E-state index in [0.717, 1.165) is 23.2 Å². The van der Waals surface area contributed by atoms with Crippen molar-refractivity contribution in [3.05, 3.63) is 35.0 Å². The van der Waals surface area contributed by atoms with Crippen LogP contribution >= 0.6 is 0 Å². The summed E-state index contributed by atoms with van der Waals surface area (Å²) in [5, 5.41) is 5.98. The summed E-state index contributed by atoms with van der Waals surface area (Å²) in [5.41, 5.74) is 1.68. The van der Waals surface area contributed by atoms with Gasteiger partial charge in [0.2, 0.25) is 0 Å². The molecule has 0 aromatic carbocycles. The molecule has 2 aromatic rings. The number of halogens is 1. The normalized spacial score (nSPS) is 23.9. The molecule has 2 aromatic heterocycles. The molecule has 0 spiro atoms. The fraction of sp³-hybridized carbons (Fsp3) is 0.522. The van der Waals surface area contributed by atoms with Crippen LogP contribution in [-0.4, -0.2) is 72.0 Å². The molecule has 186 valence electrons. The molecule has 2 N–H and O–H groups in total. The number of methoxy groups -OCH3 is 1. The van der Waals surface area contributed by atoms with Gasteiger partial charge in [-0.3, -0.25) is 14.7 Å². The minimum Gasteiger partial charge on any atom is -0.465 e. The van der Waals surface area contributed by atoms with Crippen molar-refractivity contribution in [2.75, 3.05) is 43.6 Å². The lowest BCUT2D eigenvalue weighted by Gasteiger charge is -2.31. The van der Waals surface area contributed by atoms with Crippen molar-refractivity contribution >= 4 is 23.6 Å². The van der Waals surface area contributed by atoms with Crippen molar-refractivity contribution in [2.45, 2.75) is 38.4 Å². The molecule has 1 saturated heterocycles. The molecule has 1 aliphatic carbocycles. The van der Waals surface area contributed by atoms with Crippen molar-refractivity contribution in [3.63, 3.8) is 0 Å². The van der Waals surface area contributed by atoms with Gasteiger partial charge in [0.05, 0.1) is 18.9 Å². The predicted octanol–water partition coefficient (Wildman–Crippen LogP) is 1.38. The molecule has 3 atom stereocenters. The molecule has 0 bridgehead atoms. The number of amides is 2. The molecule has 1 fully saturated rings. The Balaban J connectivity index is 1.21. The van der Waals surface area contributed by atoms with Crippen molar-refractivity contribution in [2.24, 2.45) is 5.92 Å². The minimum atomic E-state index is -0.957. The van der Waals surface area contributed by atoms with Crippen LogP contribution in [0.4, 0.5) is 20.8 Å².